The number of carbonyl (C=O) groups is 2. The highest BCUT2D eigenvalue weighted by Crippen LogP contribution is 2.21. The summed E-state index contributed by atoms with van der Waals surface area (Å²) in [5.41, 5.74) is 3.45. The average Bonchev–Trinajstić information content (AvgIpc) is 2.90. The van der Waals surface area contributed by atoms with Gasteiger partial charge in [0.1, 0.15) is 0 Å². The van der Waals surface area contributed by atoms with Crippen molar-refractivity contribution in [2.45, 2.75) is 26.7 Å². The molecule has 0 spiro atoms. The first-order valence-corrected chi connectivity index (χ1v) is 7.34. The van der Waals surface area contributed by atoms with Gasteiger partial charge in [0.15, 0.2) is 0 Å². The van der Waals surface area contributed by atoms with E-state index in [1.54, 1.807) is 10.9 Å². The standard InChI is InChI=1S/C16H20N4O3/c1-11-5-6-14(20-10-12(2)9-18-20)13(8-11)19-16(23)17-7-3-4-15(21)22/h5-6,8-10H,3-4,7H2,1-2H3,(H,21,22)(H2,17,19,23). The number of amides is 2. The van der Waals surface area contributed by atoms with Crippen LogP contribution in [0.1, 0.15) is 24.0 Å². The fourth-order valence-electron chi connectivity index (χ4n) is 2.10. The second kappa shape index (κ2) is 7.44. The summed E-state index contributed by atoms with van der Waals surface area (Å²) in [7, 11) is 0. The molecule has 7 nitrogen and oxygen atoms in total. The molecular formula is C16H20N4O3. The van der Waals surface area contributed by atoms with Gasteiger partial charge in [0.25, 0.3) is 0 Å². The van der Waals surface area contributed by atoms with Crippen molar-refractivity contribution in [1.82, 2.24) is 15.1 Å². The van der Waals surface area contributed by atoms with E-state index >= 15 is 0 Å². The third-order valence-electron chi connectivity index (χ3n) is 3.21. The van der Waals surface area contributed by atoms with Gasteiger partial charge in [-0.15, -0.1) is 0 Å². The molecule has 0 radical (unpaired) electrons. The van der Waals surface area contributed by atoms with Gasteiger partial charge in [0.05, 0.1) is 17.6 Å². The smallest absolute Gasteiger partial charge is 0.319 e. The summed E-state index contributed by atoms with van der Waals surface area (Å²) in [6.45, 7) is 4.19. The van der Waals surface area contributed by atoms with Crippen LogP contribution in [0.5, 0.6) is 0 Å². The largest absolute Gasteiger partial charge is 0.481 e. The lowest BCUT2D eigenvalue weighted by Gasteiger charge is -2.13. The van der Waals surface area contributed by atoms with E-state index in [1.807, 2.05) is 38.2 Å². The maximum absolute atomic E-state index is 12.0. The first-order chi connectivity index (χ1) is 11.0. The van der Waals surface area contributed by atoms with Gasteiger partial charge in [-0.2, -0.15) is 5.10 Å². The maximum Gasteiger partial charge on any atom is 0.319 e. The highest BCUT2D eigenvalue weighted by Gasteiger charge is 2.09. The summed E-state index contributed by atoms with van der Waals surface area (Å²) in [4.78, 5) is 22.4. The molecule has 2 rings (SSSR count). The number of nitrogens with one attached hydrogen (secondary N) is 2. The molecular weight excluding hydrogens is 296 g/mol. The van der Waals surface area contributed by atoms with E-state index in [0.717, 1.165) is 16.8 Å². The van der Waals surface area contributed by atoms with Crippen LogP contribution in [-0.4, -0.2) is 33.4 Å². The zero-order chi connectivity index (χ0) is 16.8. The number of carbonyl (C=O) groups excluding carboxylic acids is 1. The number of anilines is 1. The number of carboxylic acid groups (broad SMARTS) is 1. The lowest BCUT2D eigenvalue weighted by Crippen LogP contribution is -2.30. The van der Waals surface area contributed by atoms with Gasteiger partial charge < -0.3 is 15.7 Å². The van der Waals surface area contributed by atoms with Crippen molar-refractivity contribution < 1.29 is 14.7 Å². The Morgan fingerprint density at radius 2 is 2.04 bits per heavy atom. The number of urea groups is 1. The molecule has 0 atom stereocenters. The monoisotopic (exact) mass is 316 g/mol. The van der Waals surface area contributed by atoms with Gasteiger partial charge in [-0.3, -0.25) is 4.79 Å². The fourth-order valence-corrected chi connectivity index (χ4v) is 2.10. The van der Waals surface area contributed by atoms with Crippen LogP contribution >= 0.6 is 0 Å². The van der Waals surface area contributed by atoms with Gasteiger partial charge >= 0.3 is 12.0 Å². The van der Waals surface area contributed by atoms with Crippen LogP contribution in [0.3, 0.4) is 0 Å². The van der Waals surface area contributed by atoms with Crippen LogP contribution in [0.2, 0.25) is 0 Å². The topological polar surface area (TPSA) is 96.3 Å². The van der Waals surface area contributed by atoms with Crippen molar-refractivity contribution in [2.75, 3.05) is 11.9 Å². The number of aromatic nitrogens is 2. The highest BCUT2D eigenvalue weighted by molar-refractivity contribution is 5.91. The third-order valence-corrected chi connectivity index (χ3v) is 3.21. The Balaban J connectivity index is 2.05. The van der Waals surface area contributed by atoms with Crippen LogP contribution in [0, 0.1) is 13.8 Å². The second-order valence-electron chi connectivity index (χ2n) is 5.36. The minimum Gasteiger partial charge on any atom is -0.481 e. The molecule has 1 aromatic carbocycles. The summed E-state index contributed by atoms with van der Waals surface area (Å²) in [6.07, 6.45) is 4.04. The molecule has 0 aliphatic rings. The van der Waals surface area contributed by atoms with Crippen LogP contribution in [-0.2, 0) is 4.79 Å². The number of aryl methyl sites for hydroxylation is 2. The number of carboxylic acids is 1. The molecule has 3 N–H and O–H groups in total. The summed E-state index contributed by atoms with van der Waals surface area (Å²) in [5.74, 6) is -0.873. The fraction of sp³-hybridized carbons (Fsp3) is 0.312. The molecule has 1 aromatic heterocycles. The van der Waals surface area contributed by atoms with Gasteiger partial charge in [0, 0.05) is 19.2 Å². The van der Waals surface area contributed by atoms with E-state index in [0.29, 0.717) is 18.7 Å². The molecule has 23 heavy (non-hydrogen) atoms. The number of hydrogen-bond acceptors (Lipinski definition) is 3. The Hall–Kier alpha value is -2.83. The van der Waals surface area contributed by atoms with Crippen LogP contribution in [0.25, 0.3) is 5.69 Å². The molecule has 122 valence electrons. The van der Waals surface area contributed by atoms with E-state index < -0.39 is 5.97 Å². The van der Waals surface area contributed by atoms with Crippen molar-refractivity contribution in [2.24, 2.45) is 0 Å². The molecule has 0 bridgehead atoms. The normalized spacial score (nSPS) is 10.3. The predicted octanol–water partition coefficient (Wildman–Crippen LogP) is 2.48. The predicted molar refractivity (Wildman–Crippen MR) is 86.9 cm³/mol. The van der Waals surface area contributed by atoms with Crippen LogP contribution in [0.4, 0.5) is 10.5 Å². The van der Waals surface area contributed by atoms with Crippen molar-refractivity contribution in [1.29, 1.82) is 0 Å². The molecule has 7 heteroatoms. The lowest BCUT2D eigenvalue weighted by atomic mass is 10.2. The molecule has 0 unspecified atom stereocenters. The highest BCUT2D eigenvalue weighted by atomic mass is 16.4. The molecule has 0 saturated carbocycles. The zero-order valence-electron chi connectivity index (χ0n) is 13.2. The first kappa shape index (κ1) is 16.5. The average molecular weight is 316 g/mol. The van der Waals surface area contributed by atoms with E-state index in [-0.39, 0.29) is 12.5 Å². The van der Waals surface area contributed by atoms with Crippen molar-refractivity contribution >= 4 is 17.7 Å². The van der Waals surface area contributed by atoms with E-state index in [4.69, 9.17) is 5.11 Å². The summed E-state index contributed by atoms with van der Waals surface area (Å²) >= 11 is 0. The minimum absolute atomic E-state index is 0.0303. The summed E-state index contributed by atoms with van der Waals surface area (Å²) in [5, 5.41) is 18.3. The Bertz CT molecular complexity index is 709. The van der Waals surface area contributed by atoms with Gasteiger partial charge in [-0.1, -0.05) is 6.07 Å². The minimum atomic E-state index is -0.873. The summed E-state index contributed by atoms with van der Waals surface area (Å²) < 4.78 is 1.70. The molecule has 2 amide bonds. The van der Waals surface area contributed by atoms with Crippen LogP contribution in [0.15, 0.2) is 30.6 Å². The van der Waals surface area contributed by atoms with Crippen LogP contribution < -0.4 is 10.6 Å². The molecule has 0 saturated heterocycles. The zero-order valence-corrected chi connectivity index (χ0v) is 13.2. The van der Waals surface area contributed by atoms with E-state index in [9.17, 15) is 9.59 Å². The molecule has 0 aliphatic heterocycles. The quantitative estimate of drug-likeness (QED) is 0.713. The molecule has 0 fully saturated rings. The Labute approximate surface area is 134 Å². The number of rotatable bonds is 6. The Morgan fingerprint density at radius 1 is 1.26 bits per heavy atom. The third kappa shape index (κ3) is 4.84. The lowest BCUT2D eigenvalue weighted by molar-refractivity contribution is -0.137. The second-order valence-corrected chi connectivity index (χ2v) is 5.36. The van der Waals surface area contributed by atoms with Crippen molar-refractivity contribution in [3.8, 4) is 5.69 Å². The van der Waals surface area contributed by atoms with Gasteiger partial charge in [0.2, 0.25) is 0 Å². The van der Waals surface area contributed by atoms with Crippen molar-refractivity contribution in [3.05, 3.63) is 41.7 Å². The number of aliphatic carboxylic acids is 1. The maximum atomic E-state index is 12.0. The van der Waals surface area contributed by atoms with Gasteiger partial charge in [-0.05, 0) is 43.5 Å². The number of benzene rings is 1. The SMILES string of the molecule is Cc1ccc(-n2cc(C)cn2)c(NC(=O)NCCCC(=O)O)c1. The molecule has 2 aromatic rings. The Morgan fingerprint density at radius 3 is 2.70 bits per heavy atom. The number of hydrogen-bond donors (Lipinski definition) is 3. The Kier molecular flexibility index (Phi) is 5.35. The first-order valence-electron chi connectivity index (χ1n) is 7.34. The summed E-state index contributed by atoms with van der Waals surface area (Å²) in [6, 6.07) is 5.33. The number of nitrogens with zero attached hydrogens (tertiary/aromatic N) is 2. The van der Waals surface area contributed by atoms with E-state index in [1.165, 1.54) is 0 Å². The molecule has 0 aliphatic carbocycles. The van der Waals surface area contributed by atoms with Gasteiger partial charge in [-0.25, -0.2) is 9.48 Å². The van der Waals surface area contributed by atoms with Crippen molar-refractivity contribution in [3.63, 3.8) is 0 Å². The van der Waals surface area contributed by atoms with E-state index in [2.05, 4.69) is 15.7 Å². The molecule has 1 heterocycles.